The number of pyridine rings is 2. The Labute approximate surface area is 272 Å². The van der Waals surface area contributed by atoms with Crippen molar-refractivity contribution in [2.45, 2.75) is 13.8 Å². The summed E-state index contributed by atoms with van der Waals surface area (Å²) in [7, 11) is 0. The second kappa shape index (κ2) is 10.7. The third-order valence-corrected chi connectivity index (χ3v) is 9.10. The van der Waals surface area contributed by atoms with Gasteiger partial charge in [-0.25, -0.2) is 4.98 Å². The number of benzene rings is 5. The number of ether oxygens (including phenoxy) is 1. The zero-order valence-corrected chi connectivity index (χ0v) is 26.1. The van der Waals surface area contributed by atoms with E-state index < -0.39 is 0 Å². The molecule has 9 aromatic rings. The van der Waals surface area contributed by atoms with Crippen LogP contribution in [0.5, 0.6) is 11.5 Å². The first-order chi connectivity index (χ1) is 23.1. The molecule has 224 valence electrons. The Morgan fingerprint density at radius 2 is 1.19 bits per heavy atom. The Bertz CT molecular complexity index is 2570. The molecule has 0 saturated heterocycles. The van der Waals surface area contributed by atoms with Gasteiger partial charge in [0.15, 0.2) is 0 Å². The molecule has 0 amide bonds. The van der Waals surface area contributed by atoms with E-state index in [1.165, 1.54) is 38.3 Å². The maximum atomic E-state index is 6.48. The van der Waals surface area contributed by atoms with E-state index >= 15 is 0 Å². The van der Waals surface area contributed by atoms with Crippen LogP contribution in [0, 0.1) is 13.8 Å². The zero-order chi connectivity index (χ0) is 31.5. The van der Waals surface area contributed by atoms with E-state index in [4.69, 9.17) is 9.72 Å². The lowest BCUT2D eigenvalue weighted by molar-refractivity contribution is 0.483. The maximum absolute atomic E-state index is 6.48. The number of aryl methyl sites for hydroxylation is 2. The van der Waals surface area contributed by atoms with Gasteiger partial charge in [-0.1, -0.05) is 72.8 Å². The quantitative estimate of drug-likeness (QED) is 0.196. The van der Waals surface area contributed by atoms with E-state index in [2.05, 4.69) is 119 Å². The van der Waals surface area contributed by atoms with Crippen molar-refractivity contribution in [3.8, 4) is 34.3 Å². The van der Waals surface area contributed by atoms with Crippen LogP contribution in [0.3, 0.4) is 0 Å². The number of hydrogen-bond acceptors (Lipinski definition) is 3. The van der Waals surface area contributed by atoms with Crippen molar-refractivity contribution >= 4 is 43.6 Å². The van der Waals surface area contributed by atoms with Gasteiger partial charge in [0.1, 0.15) is 17.3 Å². The van der Waals surface area contributed by atoms with E-state index in [9.17, 15) is 0 Å². The average Bonchev–Trinajstić information content (AvgIpc) is 3.63. The second-order valence-corrected chi connectivity index (χ2v) is 12.0. The molecule has 0 unspecified atom stereocenters. The highest BCUT2D eigenvalue weighted by atomic mass is 16.5. The lowest BCUT2D eigenvalue weighted by Gasteiger charge is -2.14. The van der Waals surface area contributed by atoms with Crippen molar-refractivity contribution in [2.75, 3.05) is 0 Å². The summed E-state index contributed by atoms with van der Waals surface area (Å²) >= 11 is 0. The molecule has 47 heavy (non-hydrogen) atoms. The van der Waals surface area contributed by atoms with Gasteiger partial charge >= 0.3 is 0 Å². The van der Waals surface area contributed by atoms with E-state index in [-0.39, 0.29) is 0 Å². The predicted molar refractivity (Wildman–Crippen MR) is 192 cm³/mol. The van der Waals surface area contributed by atoms with Gasteiger partial charge in [0, 0.05) is 51.6 Å². The minimum absolute atomic E-state index is 0.754. The highest BCUT2D eigenvalue weighted by Crippen LogP contribution is 2.38. The van der Waals surface area contributed by atoms with Crippen molar-refractivity contribution in [3.63, 3.8) is 0 Å². The first-order valence-corrected chi connectivity index (χ1v) is 15.8. The smallest absolute Gasteiger partial charge is 0.139 e. The first-order valence-electron chi connectivity index (χ1n) is 15.8. The maximum Gasteiger partial charge on any atom is 0.139 e. The Morgan fingerprint density at radius 1 is 0.489 bits per heavy atom. The Kier molecular flexibility index (Phi) is 6.18. The van der Waals surface area contributed by atoms with Crippen molar-refractivity contribution in [3.05, 3.63) is 157 Å². The fourth-order valence-corrected chi connectivity index (χ4v) is 7.03. The van der Waals surface area contributed by atoms with Gasteiger partial charge in [-0.2, -0.15) is 0 Å². The fraction of sp³-hybridized carbons (Fsp3) is 0.0476. The third-order valence-electron chi connectivity index (χ3n) is 9.10. The molecule has 0 aliphatic carbocycles. The molecule has 0 spiro atoms. The summed E-state index contributed by atoms with van der Waals surface area (Å²) in [6.45, 7) is 4.38. The zero-order valence-electron chi connectivity index (χ0n) is 26.1. The summed E-state index contributed by atoms with van der Waals surface area (Å²) in [5.41, 5.74) is 10.0. The van der Waals surface area contributed by atoms with Crippen LogP contribution in [0.4, 0.5) is 0 Å². The number of rotatable bonds is 5. The van der Waals surface area contributed by atoms with Gasteiger partial charge < -0.3 is 9.30 Å². The number of hydrogen-bond donors (Lipinski definition) is 0. The molecule has 0 N–H and O–H groups in total. The molecule has 4 aromatic heterocycles. The number of para-hydroxylation sites is 3. The molecule has 4 heterocycles. The summed E-state index contributed by atoms with van der Waals surface area (Å²) < 4.78 is 11.1. The number of nitrogens with zero attached hydrogens (tertiary/aromatic N) is 4. The second-order valence-electron chi connectivity index (χ2n) is 12.0. The lowest BCUT2D eigenvalue weighted by Crippen LogP contribution is -2.02. The molecule has 0 aliphatic rings. The standard InChI is InChI=1S/C42H30N4O/c1-27-10-7-15-35-36-16-8-11-28(2)42(36)45(41(27)35)30-21-23-44-40(25-30)46-38-18-4-3-14-33(38)34-20-19-32(26-39(34)46)47-31-13-9-12-29(24-31)37-17-5-6-22-43-37/h3-26H,1-2H3. The van der Waals surface area contributed by atoms with Crippen LogP contribution in [0.2, 0.25) is 0 Å². The average molecular weight is 607 g/mol. The summed E-state index contributed by atoms with van der Waals surface area (Å²) in [5, 5.41) is 4.83. The van der Waals surface area contributed by atoms with E-state index in [0.717, 1.165) is 50.7 Å². The summed E-state index contributed by atoms with van der Waals surface area (Å²) in [5.74, 6) is 2.36. The monoisotopic (exact) mass is 606 g/mol. The van der Waals surface area contributed by atoms with Crippen LogP contribution in [-0.4, -0.2) is 19.1 Å². The molecule has 5 aromatic carbocycles. The van der Waals surface area contributed by atoms with Crippen molar-refractivity contribution < 1.29 is 4.74 Å². The minimum Gasteiger partial charge on any atom is -0.457 e. The van der Waals surface area contributed by atoms with Gasteiger partial charge in [0.05, 0.1) is 33.4 Å². The molecular weight excluding hydrogens is 576 g/mol. The van der Waals surface area contributed by atoms with Crippen molar-refractivity contribution in [2.24, 2.45) is 0 Å². The van der Waals surface area contributed by atoms with Gasteiger partial charge in [0.2, 0.25) is 0 Å². The van der Waals surface area contributed by atoms with Crippen LogP contribution < -0.4 is 4.74 Å². The number of fused-ring (bicyclic) bond motifs is 6. The minimum atomic E-state index is 0.754. The lowest BCUT2D eigenvalue weighted by atomic mass is 10.1. The van der Waals surface area contributed by atoms with E-state index in [1.54, 1.807) is 0 Å². The van der Waals surface area contributed by atoms with Crippen molar-refractivity contribution in [1.82, 2.24) is 19.1 Å². The van der Waals surface area contributed by atoms with Gasteiger partial charge in [-0.15, -0.1) is 0 Å². The normalized spacial score (nSPS) is 11.6. The van der Waals surface area contributed by atoms with Crippen LogP contribution in [0.25, 0.3) is 66.4 Å². The molecule has 5 heteroatoms. The van der Waals surface area contributed by atoms with Gasteiger partial charge in [0.25, 0.3) is 0 Å². The highest BCUT2D eigenvalue weighted by molar-refractivity contribution is 6.12. The van der Waals surface area contributed by atoms with E-state index in [1.807, 2.05) is 54.9 Å². The van der Waals surface area contributed by atoms with Crippen molar-refractivity contribution in [1.29, 1.82) is 0 Å². The third kappa shape index (κ3) is 4.39. The Balaban J connectivity index is 1.22. The van der Waals surface area contributed by atoms with Crippen LogP contribution in [-0.2, 0) is 0 Å². The van der Waals surface area contributed by atoms with Crippen LogP contribution in [0.1, 0.15) is 11.1 Å². The molecule has 0 aliphatic heterocycles. The molecule has 5 nitrogen and oxygen atoms in total. The van der Waals surface area contributed by atoms with Crippen LogP contribution in [0.15, 0.2) is 146 Å². The number of aromatic nitrogens is 4. The SMILES string of the molecule is Cc1cccc2c3cccc(C)c3n(-c3ccnc(-n4c5ccccc5c5ccc(Oc6cccc(-c7ccccn7)c6)cc54)c3)c12. The molecule has 0 bridgehead atoms. The summed E-state index contributed by atoms with van der Waals surface area (Å²) in [6.07, 6.45) is 3.73. The first kappa shape index (κ1) is 27.1. The summed E-state index contributed by atoms with van der Waals surface area (Å²) in [4.78, 5) is 9.47. The topological polar surface area (TPSA) is 44.9 Å². The molecule has 0 fully saturated rings. The summed E-state index contributed by atoms with van der Waals surface area (Å²) in [6, 6.07) is 46.2. The van der Waals surface area contributed by atoms with Gasteiger partial charge in [-0.05, 0) is 73.5 Å². The predicted octanol–water partition coefficient (Wildman–Crippen LogP) is 10.7. The molecule has 0 atom stereocenters. The van der Waals surface area contributed by atoms with Crippen LogP contribution >= 0.6 is 0 Å². The Hall–Kier alpha value is -6.20. The molecule has 9 rings (SSSR count). The largest absolute Gasteiger partial charge is 0.457 e. The Morgan fingerprint density at radius 3 is 1.98 bits per heavy atom. The highest BCUT2D eigenvalue weighted by Gasteiger charge is 2.18. The van der Waals surface area contributed by atoms with Gasteiger partial charge in [-0.3, -0.25) is 9.55 Å². The van der Waals surface area contributed by atoms with E-state index in [0.29, 0.717) is 0 Å². The molecular formula is C42H30N4O. The molecule has 0 saturated carbocycles. The molecule has 0 radical (unpaired) electrons. The fourth-order valence-electron chi connectivity index (χ4n) is 7.03.